The minimum atomic E-state index is 0.0533. The predicted molar refractivity (Wildman–Crippen MR) is 86.2 cm³/mol. The molecule has 2 aliphatic rings. The van der Waals surface area contributed by atoms with Crippen LogP contribution >= 0.6 is 22.9 Å². The van der Waals surface area contributed by atoms with Crippen molar-refractivity contribution < 1.29 is 9.47 Å². The van der Waals surface area contributed by atoms with Crippen molar-refractivity contribution in [1.82, 2.24) is 4.90 Å². The summed E-state index contributed by atoms with van der Waals surface area (Å²) in [5.74, 6) is 0. The van der Waals surface area contributed by atoms with Gasteiger partial charge in [-0.1, -0.05) is 29.8 Å². The van der Waals surface area contributed by atoms with Crippen molar-refractivity contribution in [3.8, 4) is 0 Å². The standard InChI is InChI=1S/C16H18ClNO2S/c17-15-12-3-1-2-4-13(12)21-14(15)9-18-6-8-20-11-16(18)5-7-19-10-16/h1-4H,5-11H2. The normalized spacial score (nSPS) is 26.9. The molecule has 1 atom stereocenters. The number of thiophene rings is 1. The summed E-state index contributed by atoms with van der Waals surface area (Å²) >= 11 is 8.40. The molecule has 2 saturated heterocycles. The highest BCUT2D eigenvalue weighted by Gasteiger charge is 2.43. The molecule has 21 heavy (non-hydrogen) atoms. The van der Waals surface area contributed by atoms with E-state index >= 15 is 0 Å². The van der Waals surface area contributed by atoms with Gasteiger partial charge in [-0.3, -0.25) is 4.90 Å². The number of hydrogen-bond donors (Lipinski definition) is 0. The zero-order valence-electron chi connectivity index (χ0n) is 11.8. The lowest BCUT2D eigenvalue weighted by Gasteiger charge is -2.43. The second-order valence-corrected chi connectivity index (χ2v) is 7.35. The predicted octanol–water partition coefficient (Wildman–Crippen LogP) is 3.55. The maximum atomic E-state index is 6.59. The lowest BCUT2D eigenvalue weighted by molar-refractivity contribution is -0.0745. The molecule has 2 aromatic rings. The van der Waals surface area contributed by atoms with Crippen LogP contribution in [0.25, 0.3) is 10.1 Å². The molecule has 3 heterocycles. The Balaban J connectivity index is 1.65. The Kier molecular flexibility index (Phi) is 3.67. The van der Waals surface area contributed by atoms with Crippen LogP contribution in [0.4, 0.5) is 0 Å². The van der Waals surface area contributed by atoms with Crippen molar-refractivity contribution in [3.63, 3.8) is 0 Å². The van der Waals surface area contributed by atoms with E-state index in [1.807, 2.05) is 6.07 Å². The second-order valence-electron chi connectivity index (χ2n) is 5.84. The van der Waals surface area contributed by atoms with Gasteiger partial charge in [0, 0.05) is 34.7 Å². The molecule has 0 saturated carbocycles. The van der Waals surface area contributed by atoms with Crippen molar-refractivity contribution in [3.05, 3.63) is 34.2 Å². The fourth-order valence-corrected chi connectivity index (χ4v) is 4.82. The van der Waals surface area contributed by atoms with E-state index in [4.69, 9.17) is 21.1 Å². The van der Waals surface area contributed by atoms with E-state index in [0.29, 0.717) is 0 Å². The number of fused-ring (bicyclic) bond motifs is 1. The fourth-order valence-electron chi connectivity index (χ4n) is 3.31. The number of halogens is 1. The van der Waals surface area contributed by atoms with Crippen LogP contribution in [0.1, 0.15) is 11.3 Å². The molecule has 0 aliphatic carbocycles. The van der Waals surface area contributed by atoms with E-state index in [1.165, 1.54) is 15.0 Å². The van der Waals surface area contributed by atoms with Crippen molar-refractivity contribution in [2.75, 3.05) is 33.0 Å². The Morgan fingerprint density at radius 1 is 1.19 bits per heavy atom. The molecule has 1 aromatic carbocycles. The van der Waals surface area contributed by atoms with Crippen LogP contribution in [0.5, 0.6) is 0 Å². The Bertz CT molecular complexity index is 651. The van der Waals surface area contributed by atoms with Crippen molar-refractivity contribution in [2.45, 2.75) is 18.5 Å². The van der Waals surface area contributed by atoms with Gasteiger partial charge in [-0.25, -0.2) is 0 Å². The minimum Gasteiger partial charge on any atom is -0.379 e. The molecule has 5 heteroatoms. The molecule has 1 unspecified atom stereocenters. The van der Waals surface area contributed by atoms with Gasteiger partial charge in [0.25, 0.3) is 0 Å². The van der Waals surface area contributed by atoms with E-state index in [9.17, 15) is 0 Å². The molecule has 2 aliphatic heterocycles. The first kappa shape index (κ1) is 14.0. The molecular weight excluding hydrogens is 306 g/mol. The molecule has 3 nitrogen and oxygen atoms in total. The third kappa shape index (κ3) is 2.39. The molecule has 0 bridgehead atoms. The van der Waals surface area contributed by atoms with Gasteiger partial charge in [0.2, 0.25) is 0 Å². The molecule has 1 spiro atoms. The average molecular weight is 324 g/mol. The van der Waals surface area contributed by atoms with Crippen LogP contribution < -0.4 is 0 Å². The summed E-state index contributed by atoms with van der Waals surface area (Å²) in [6.07, 6.45) is 1.05. The fraction of sp³-hybridized carbons (Fsp3) is 0.500. The van der Waals surface area contributed by atoms with Crippen LogP contribution in [0.2, 0.25) is 5.02 Å². The van der Waals surface area contributed by atoms with E-state index in [0.717, 1.165) is 51.0 Å². The van der Waals surface area contributed by atoms with Gasteiger partial charge in [0.1, 0.15) is 0 Å². The number of rotatable bonds is 2. The zero-order valence-corrected chi connectivity index (χ0v) is 13.4. The zero-order chi connectivity index (χ0) is 14.3. The first-order valence-electron chi connectivity index (χ1n) is 7.35. The maximum absolute atomic E-state index is 6.59. The first-order chi connectivity index (χ1) is 10.3. The van der Waals surface area contributed by atoms with Gasteiger partial charge in [0.05, 0.1) is 30.4 Å². The summed E-state index contributed by atoms with van der Waals surface area (Å²) < 4.78 is 12.6. The number of ether oxygens (including phenoxy) is 2. The molecular formula is C16H18ClNO2S. The molecule has 0 N–H and O–H groups in total. The highest BCUT2D eigenvalue weighted by molar-refractivity contribution is 7.19. The van der Waals surface area contributed by atoms with E-state index in [2.05, 4.69) is 23.1 Å². The van der Waals surface area contributed by atoms with Crippen LogP contribution in [-0.4, -0.2) is 43.4 Å². The molecule has 2 fully saturated rings. The third-order valence-electron chi connectivity index (χ3n) is 4.57. The van der Waals surface area contributed by atoms with Gasteiger partial charge in [-0.15, -0.1) is 11.3 Å². The highest BCUT2D eigenvalue weighted by atomic mass is 35.5. The van der Waals surface area contributed by atoms with Crippen LogP contribution in [0.3, 0.4) is 0 Å². The summed E-state index contributed by atoms with van der Waals surface area (Å²) in [7, 11) is 0. The lowest BCUT2D eigenvalue weighted by atomic mass is 9.96. The van der Waals surface area contributed by atoms with E-state index in [1.54, 1.807) is 11.3 Å². The van der Waals surface area contributed by atoms with Gasteiger partial charge in [-0.2, -0.15) is 0 Å². The van der Waals surface area contributed by atoms with Crippen molar-refractivity contribution >= 4 is 33.0 Å². The summed E-state index contributed by atoms with van der Waals surface area (Å²) in [5, 5.41) is 2.08. The topological polar surface area (TPSA) is 21.7 Å². The minimum absolute atomic E-state index is 0.0533. The SMILES string of the molecule is Clc1c(CN2CCOCC23CCOC3)sc2ccccc12. The van der Waals surface area contributed by atoms with Gasteiger partial charge < -0.3 is 9.47 Å². The summed E-state index contributed by atoms with van der Waals surface area (Å²) in [6.45, 7) is 5.02. The molecule has 0 radical (unpaired) electrons. The van der Waals surface area contributed by atoms with E-state index in [-0.39, 0.29) is 5.54 Å². The number of morpholine rings is 1. The Labute approximate surface area is 133 Å². The monoisotopic (exact) mass is 323 g/mol. The molecule has 112 valence electrons. The average Bonchev–Trinajstić information content (AvgIpc) is 3.09. The van der Waals surface area contributed by atoms with Gasteiger partial charge >= 0.3 is 0 Å². The number of hydrogen-bond acceptors (Lipinski definition) is 4. The Morgan fingerprint density at radius 3 is 2.81 bits per heavy atom. The quantitative estimate of drug-likeness (QED) is 0.843. The number of nitrogens with zero attached hydrogens (tertiary/aromatic N) is 1. The molecule has 1 aromatic heterocycles. The van der Waals surface area contributed by atoms with Crippen LogP contribution in [0, 0.1) is 0 Å². The lowest BCUT2D eigenvalue weighted by Crippen LogP contribution is -2.56. The number of benzene rings is 1. The van der Waals surface area contributed by atoms with Gasteiger partial charge in [0.15, 0.2) is 0 Å². The van der Waals surface area contributed by atoms with Crippen molar-refractivity contribution in [1.29, 1.82) is 0 Å². The molecule has 4 rings (SSSR count). The second kappa shape index (κ2) is 5.52. The summed E-state index contributed by atoms with van der Waals surface area (Å²) in [6, 6.07) is 8.36. The van der Waals surface area contributed by atoms with Crippen LogP contribution in [0.15, 0.2) is 24.3 Å². The Hall–Kier alpha value is -0.650. The maximum Gasteiger partial charge on any atom is 0.0704 e. The summed E-state index contributed by atoms with van der Waals surface area (Å²) in [4.78, 5) is 3.77. The smallest absolute Gasteiger partial charge is 0.0704 e. The van der Waals surface area contributed by atoms with Crippen molar-refractivity contribution in [2.24, 2.45) is 0 Å². The summed E-state index contributed by atoms with van der Waals surface area (Å²) in [5.41, 5.74) is 0.0533. The largest absolute Gasteiger partial charge is 0.379 e. The molecule has 0 amide bonds. The third-order valence-corrected chi connectivity index (χ3v) is 6.26. The highest BCUT2D eigenvalue weighted by Crippen LogP contribution is 2.38. The van der Waals surface area contributed by atoms with Gasteiger partial charge in [-0.05, 0) is 12.5 Å². The van der Waals surface area contributed by atoms with Crippen LogP contribution in [-0.2, 0) is 16.0 Å². The Morgan fingerprint density at radius 2 is 2.00 bits per heavy atom. The van der Waals surface area contributed by atoms with E-state index < -0.39 is 0 Å². The first-order valence-corrected chi connectivity index (χ1v) is 8.54.